The van der Waals surface area contributed by atoms with Crippen molar-refractivity contribution >= 4 is 23.4 Å². The lowest BCUT2D eigenvalue weighted by Crippen LogP contribution is -2.45. The zero-order chi connectivity index (χ0) is 17.1. The number of nitrogens with one attached hydrogen (secondary N) is 1. The van der Waals surface area contributed by atoms with Crippen LogP contribution in [0.1, 0.15) is 37.6 Å². The highest BCUT2D eigenvalue weighted by Gasteiger charge is 2.33. The van der Waals surface area contributed by atoms with Gasteiger partial charge in [0.15, 0.2) is 0 Å². The van der Waals surface area contributed by atoms with Gasteiger partial charge in [-0.3, -0.25) is 5.32 Å². The van der Waals surface area contributed by atoms with Crippen LogP contribution in [0.3, 0.4) is 0 Å². The summed E-state index contributed by atoms with van der Waals surface area (Å²) in [6, 6.07) is 2.57. The number of rotatable bonds is 3. The van der Waals surface area contributed by atoms with E-state index in [1.165, 1.54) is 6.20 Å². The van der Waals surface area contributed by atoms with E-state index in [2.05, 4.69) is 20.5 Å². The predicted molar refractivity (Wildman–Crippen MR) is 86.9 cm³/mol. The first-order valence-corrected chi connectivity index (χ1v) is 8.02. The Kier molecular flexibility index (Phi) is 4.96. The first kappa shape index (κ1) is 16.7. The molecule has 1 aliphatic heterocycles. The third-order valence-electron chi connectivity index (χ3n) is 3.59. The van der Waals surface area contributed by atoms with E-state index in [0.717, 1.165) is 0 Å². The fourth-order valence-electron chi connectivity index (χ4n) is 2.30. The minimum absolute atomic E-state index is 0.122. The number of anilines is 1. The summed E-state index contributed by atoms with van der Waals surface area (Å²) in [5.41, 5.74) is 0. The normalized spacial score (nSPS) is 18.0. The topological polar surface area (TPSA) is 93.4 Å². The van der Waals surface area contributed by atoms with Crippen molar-refractivity contribution in [1.29, 1.82) is 0 Å². The lowest BCUT2D eigenvalue weighted by atomic mass is 10.2. The number of hydrogen-bond acceptors (Lipinski definition) is 6. The lowest BCUT2D eigenvalue weighted by Gasteiger charge is -2.33. The summed E-state index contributed by atoms with van der Waals surface area (Å²) < 4.78 is 11.1. The van der Waals surface area contributed by atoms with Crippen LogP contribution in [-0.2, 0) is 4.74 Å². The lowest BCUT2D eigenvalue weighted by molar-refractivity contribution is 0.00492. The molecule has 1 saturated heterocycles. The van der Waals surface area contributed by atoms with Crippen LogP contribution in [-0.4, -0.2) is 45.9 Å². The fourth-order valence-corrected chi connectivity index (χ4v) is 2.41. The van der Waals surface area contributed by atoms with Crippen LogP contribution < -0.4 is 5.32 Å². The number of halogens is 1. The molecule has 0 radical (unpaired) electrons. The van der Waals surface area contributed by atoms with Gasteiger partial charge in [-0.05, 0) is 12.1 Å². The van der Waals surface area contributed by atoms with E-state index in [-0.39, 0.29) is 11.9 Å². The molecule has 1 aliphatic rings. The molecule has 3 heterocycles. The monoisotopic (exact) mass is 351 g/mol. The molecule has 1 N–H and O–H groups in total. The van der Waals surface area contributed by atoms with Gasteiger partial charge < -0.3 is 14.1 Å². The Labute approximate surface area is 144 Å². The van der Waals surface area contributed by atoms with Crippen LogP contribution in [0.15, 0.2) is 22.7 Å². The molecule has 0 unspecified atom stereocenters. The minimum Gasteiger partial charge on any atom is -0.423 e. The number of urea groups is 1. The number of amides is 2. The number of aromatic nitrogens is 3. The number of morpholine rings is 1. The van der Waals surface area contributed by atoms with E-state index < -0.39 is 6.04 Å². The molecule has 128 valence electrons. The molecule has 0 saturated carbocycles. The molecule has 0 bridgehead atoms. The molecule has 1 atom stereocenters. The van der Waals surface area contributed by atoms with Crippen molar-refractivity contribution < 1.29 is 13.9 Å². The van der Waals surface area contributed by atoms with E-state index in [0.29, 0.717) is 42.4 Å². The summed E-state index contributed by atoms with van der Waals surface area (Å²) in [7, 11) is 0. The molecule has 0 aliphatic carbocycles. The van der Waals surface area contributed by atoms with Crippen LogP contribution in [0.5, 0.6) is 0 Å². The SMILES string of the molecule is CC(C)c1nnc([C@H]2COCCN2C(=O)Nc2ccc(Cl)cn2)o1. The first-order chi connectivity index (χ1) is 11.5. The number of carbonyl (C=O) groups excluding carboxylic acids is 1. The summed E-state index contributed by atoms with van der Waals surface area (Å²) in [6.45, 7) is 5.10. The maximum Gasteiger partial charge on any atom is 0.323 e. The molecular formula is C15H18ClN5O3. The zero-order valence-electron chi connectivity index (χ0n) is 13.4. The molecule has 2 aromatic heterocycles. The van der Waals surface area contributed by atoms with Crippen molar-refractivity contribution in [2.75, 3.05) is 25.1 Å². The fraction of sp³-hybridized carbons (Fsp3) is 0.467. The largest absolute Gasteiger partial charge is 0.423 e. The molecule has 8 nitrogen and oxygen atoms in total. The highest BCUT2D eigenvalue weighted by molar-refractivity contribution is 6.30. The van der Waals surface area contributed by atoms with Crippen molar-refractivity contribution in [3.05, 3.63) is 35.1 Å². The summed E-state index contributed by atoms with van der Waals surface area (Å²) in [4.78, 5) is 18.2. The average Bonchev–Trinajstić information content (AvgIpc) is 3.07. The highest BCUT2D eigenvalue weighted by Crippen LogP contribution is 2.25. The Morgan fingerprint density at radius 1 is 1.42 bits per heavy atom. The predicted octanol–water partition coefficient (Wildman–Crippen LogP) is 2.85. The van der Waals surface area contributed by atoms with Gasteiger partial charge in [0.1, 0.15) is 11.9 Å². The molecular weight excluding hydrogens is 334 g/mol. The van der Waals surface area contributed by atoms with Gasteiger partial charge in [-0.25, -0.2) is 9.78 Å². The van der Waals surface area contributed by atoms with Crippen LogP contribution in [0.2, 0.25) is 5.02 Å². The summed E-state index contributed by atoms with van der Waals surface area (Å²) in [5, 5.41) is 11.3. The number of hydrogen-bond donors (Lipinski definition) is 1. The van der Waals surface area contributed by atoms with Crippen molar-refractivity contribution in [1.82, 2.24) is 20.1 Å². The van der Waals surface area contributed by atoms with E-state index in [1.54, 1.807) is 17.0 Å². The summed E-state index contributed by atoms with van der Waals surface area (Å²) >= 11 is 5.80. The van der Waals surface area contributed by atoms with Crippen LogP contribution >= 0.6 is 11.6 Å². The first-order valence-electron chi connectivity index (χ1n) is 7.65. The van der Waals surface area contributed by atoms with Crippen molar-refractivity contribution in [2.24, 2.45) is 0 Å². The molecule has 24 heavy (non-hydrogen) atoms. The van der Waals surface area contributed by atoms with Gasteiger partial charge >= 0.3 is 6.03 Å². The third-order valence-corrected chi connectivity index (χ3v) is 3.81. The van der Waals surface area contributed by atoms with Gasteiger partial charge in [-0.2, -0.15) is 0 Å². The van der Waals surface area contributed by atoms with Gasteiger partial charge in [-0.15, -0.1) is 10.2 Å². The molecule has 9 heteroatoms. The summed E-state index contributed by atoms with van der Waals surface area (Å²) in [6.07, 6.45) is 1.47. The second-order valence-electron chi connectivity index (χ2n) is 5.71. The van der Waals surface area contributed by atoms with E-state index in [9.17, 15) is 4.79 Å². The van der Waals surface area contributed by atoms with E-state index >= 15 is 0 Å². The Morgan fingerprint density at radius 3 is 2.92 bits per heavy atom. The van der Waals surface area contributed by atoms with E-state index in [1.807, 2.05) is 13.8 Å². The van der Waals surface area contributed by atoms with Crippen LogP contribution in [0.25, 0.3) is 0 Å². The standard InChI is InChI=1S/C15H18ClN5O3/c1-9(2)13-19-20-14(24-13)11-8-23-6-5-21(11)15(22)18-12-4-3-10(16)7-17-12/h3-4,7,9,11H,5-6,8H2,1-2H3,(H,17,18,22)/t11-/m1/s1. The quantitative estimate of drug-likeness (QED) is 0.913. The van der Waals surface area contributed by atoms with Crippen LogP contribution in [0, 0.1) is 0 Å². The maximum atomic E-state index is 12.6. The van der Waals surface area contributed by atoms with Gasteiger partial charge in [0.05, 0.1) is 18.2 Å². The third kappa shape index (κ3) is 3.65. The molecule has 1 fully saturated rings. The number of nitrogens with zero attached hydrogens (tertiary/aromatic N) is 4. The average molecular weight is 352 g/mol. The van der Waals surface area contributed by atoms with Crippen LogP contribution in [0.4, 0.5) is 10.6 Å². The summed E-state index contributed by atoms with van der Waals surface area (Å²) in [5.74, 6) is 1.45. The Balaban J connectivity index is 1.75. The number of carbonyl (C=O) groups is 1. The minimum atomic E-state index is -0.425. The zero-order valence-corrected chi connectivity index (χ0v) is 14.2. The van der Waals surface area contributed by atoms with Crippen molar-refractivity contribution in [3.8, 4) is 0 Å². The molecule has 2 amide bonds. The number of ether oxygens (including phenoxy) is 1. The second-order valence-corrected chi connectivity index (χ2v) is 6.15. The van der Waals surface area contributed by atoms with Gasteiger partial charge in [-0.1, -0.05) is 25.4 Å². The van der Waals surface area contributed by atoms with Gasteiger partial charge in [0.25, 0.3) is 0 Å². The van der Waals surface area contributed by atoms with Gasteiger partial charge in [0.2, 0.25) is 11.8 Å². The number of pyridine rings is 1. The molecule has 3 rings (SSSR count). The maximum absolute atomic E-state index is 12.6. The Morgan fingerprint density at radius 2 is 2.25 bits per heavy atom. The molecule has 2 aromatic rings. The van der Waals surface area contributed by atoms with Crippen molar-refractivity contribution in [2.45, 2.75) is 25.8 Å². The second kappa shape index (κ2) is 7.14. The van der Waals surface area contributed by atoms with Gasteiger partial charge in [0, 0.05) is 18.7 Å². The van der Waals surface area contributed by atoms with E-state index in [4.69, 9.17) is 20.8 Å². The van der Waals surface area contributed by atoms with Crippen molar-refractivity contribution in [3.63, 3.8) is 0 Å². The Hall–Kier alpha value is -2.19. The highest BCUT2D eigenvalue weighted by atomic mass is 35.5. The molecule has 0 aromatic carbocycles. The smallest absolute Gasteiger partial charge is 0.323 e. The molecule has 0 spiro atoms. The Bertz CT molecular complexity index is 703.